The molecule has 23 heavy (non-hydrogen) atoms. The minimum absolute atomic E-state index is 0.132. The largest absolute Gasteiger partial charge is 0.292 e. The van der Waals surface area contributed by atoms with Gasteiger partial charge in [-0.05, 0) is 42.7 Å². The summed E-state index contributed by atoms with van der Waals surface area (Å²) >= 11 is 0. The summed E-state index contributed by atoms with van der Waals surface area (Å²) in [5.41, 5.74) is 2.99. The van der Waals surface area contributed by atoms with E-state index in [1.54, 1.807) is 30.3 Å². The molecule has 120 valence electrons. The van der Waals surface area contributed by atoms with Crippen LogP contribution in [0.4, 0.5) is 5.69 Å². The fraction of sp³-hybridized carbons (Fsp3) is 0.278. The number of rotatable bonds is 3. The Labute approximate surface area is 136 Å². The van der Waals surface area contributed by atoms with Crippen molar-refractivity contribution in [3.05, 3.63) is 59.2 Å². The van der Waals surface area contributed by atoms with Gasteiger partial charge in [0.05, 0.1) is 17.1 Å². The number of hydrogen-bond acceptors (Lipinski definition) is 3. The highest BCUT2D eigenvalue weighted by Crippen LogP contribution is 2.34. The van der Waals surface area contributed by atoms with Crippen LogP contribution in [-0.2, 0) is 10.0 Å². The standard InChI is InChI=1S/C18H19NO3S/c1-12(2)14-6-9-17-16(10-14)18(20)11-19(17)23(21,22)15-7-4-13(3)5-8-15/h4-10,12H,11H2,1-3H3. The molecule has 0 unspecified atom stereocenters. The van der Waals surface area contributed by atoms with Gasteiger partial charge in [-0.15, -0.1) is 0 Å². The van der Waals surface area contributed by atoms with Crippen LogP contribution in [0, 0.1) is 6.92 Å². The van der Waals surface area contributed by atoms with Gasteiger partial charge in [0.1, 0.15) is 0 Å². The van der Waals surface area contributed by atoms with Crippen LogP contribution in [0.25, 0.3) is 0 Å². The minimum atomic E-state index is -3.72. The molecule has 0 saturated heterocycles. The van der Waals surface area contributed by atoms with Crippen LogP contribution >= 0.6 is 0 Å². The molecule has 0 saturated carbocycles. The smallest absolute Gasteiger partial charge is 0.264 e. The van der Waals surface area contributed by atoms with Gasteiger partial charge in [0.2, 0.25) is 0 Å². The van der Waals surface area contributed by atoms with E-state index in [0.717, 1.165) is 11.1 Å². The van der Waals surface area contributed by atoms with E-state index in [1.165, 1.54) is 4.31 Å². The van der Waals surface area contributed by atoms with Crippen molar-refractivity contribution in [2.75, 3.05) is 10.8 Å². The van der Waals surface area contributed by atoms with Crippen molar-refractivity contribution >= 4 is 21.5 Å². The molecule has 2 aromatic rings. The summed E-state index contributed by atoms with van der Waals surface area (Å²) in [6.07, 6.45) is 0. The van der Waals surface area contributed by atoms with Crippen molar-refractivity contribution in [2.24, 2.45) is 0 Å². The maximum Gasteiger partial charge on any atom is 0.264 e. The third-order valence-electron chi connectivity index (χ3n) is 4.15. The summed E-state index contributed by atoms with van der Waals surface area (Å²) in [6, 6.07) is 12.1. The molecule has 0 N–H and O–H groups in total. The monoisotopic (exact) mass is 329 g/mol. The molecule has 0 bridgehead atoms. The lowest BCUT2D eigenvalue weighted by molar-refractivity contribution is 0.101. The number of ketones is 1. The van der Waals surface area contributed by atoms with Gasteiger partial charge < -0.3 is 0 Å². The number of hydrogen-bond donors (Lipinski definition) is 0. The fourth-order valence-electron chi connectivity index (χ4n) is 2.71. The van der Waals surface area contributed by atoms with E-state index in [2.05, 4.69) is 0 Å². The average molecular weight is 329 g/mol. The van der Waals surface area contributed by atoms with Crippen molar-refractivity contribution in [1.29, 1.82) is 0 Å². The Kier molecular flexibility index (Phi) is 3.76. The molecule has 0 amide bonds. The summed E-state index contributed by atoms with van der Waals surface area (Å²) in [7, 11) is -3.72. The molecular weight excluding hydrogens is 310 g/mol. The second kappa shape index (κ2) is 5.49. The number of carbonyl (C=O) groups excluding carboxylic acids is 1. The van der Waals surface area contributed by atoms with Gasteiger partial charge >= 0.3 is 0 Å². The predicted octanol–water partition coefficient (Wildman–Crippen LogP) is 3.51. The van der Waals surface area contributed by atoms with E-state index in [9.17, 15) is 13.2 Å². The maximum atomic E-state index is 12.8. The zero-order valence-corrected chi connectivity index (χ0v) is 14.2. The molecule has 4 nitrogen and oxygen atoms in total. The first kappa shape index (κ1) is 15.7. The van der Waals surface area contributed by atoms with E-state index in [4.69, 9.17) is 0 Å². The number of carbonyl (C=O) groups is 1. The number of anilines is 1. The van der Waals surface area contributed by atoms with Gasteiger partial charge in [-0.1, -0.05) is 37.6 Å². The molecule has 0 aromatic heterocycles. The highest BCUT2D eigenvalue weighted by molar-refractivity contribution is 7.93. The zero-order valence-electron chi connectivity index (χ0n) is 13.4. The summed E-state index contributed by atoms with van der Waals surface area (Å²) in [5, 5.41) is 0. The number of nitrogens with zero attached hydrogens (tertiary/aromatic N) is 1. The fourth-order valence-corrected chi connectivity index (χ4v) is 4.15. The first-order chi connectivity index (χ1) is 10.8. The third kappa shape index (κ3) is 2.65. The quantitative estimate of drug-likeness (QED) is 0.866. The van der Waals surface area contributed by atoms with Gasteiger partial charge in [-0.2, -0.15) is 0 Å². The van der Waals surface area contributed by atoms with E-state index >= 15 is 0 Å². The van der Waals surface area contributed by atoms with E-state index < -0.39 is 10.0 Å². The zero-order chi connectivity index (χ0) is 16.8. The average Bonchev–Trinajstić information content (AvgIpc) is 2.85. The Hall–Kier alpha value is -2.14. The lowest BCUT2D eigenvalue weighted by atomic mass is 9.99. The minimum Gasteiger partial charge on any atom is -0.292 e. The van der Waals surface area contributed by atoms with Crippen LogP contribution in [-0.4, -0.2) is 20.7 Å². The molecule has 0 spiro atoms. The lowest BCUT2D eigenvalue weighted by Gasteiger charge is -2.19. The Morgan fingerprint density at radius 2 is 1.70 bits per heavy atom. The molecule has 0 atom stereocenters. The van der Waals surface area contributed by atoms with Crippen LogP contribution in [0.3, 0.4) is 0 Å². The molecule has 3 rings (SSSR count). The SMILES string of the molecule is Cc1ccc(S(=O)(=O)N2CC(=O)c3cc(C(C)C)ccc32)cc1. The Morgan fingerprint density at radius 3 is 2.30 bits per heavy atom. The Balaban J connectivity index is 2.07. The van der Waals surface area contributed by atoms with Crippen molar-refractivity contribution in [1.82, 2.24) is 0 Å². The molecule has 0 radical (unpaired) electrons. The van der Waals surface area contributed by atoms with Gasteiger partial charge in [-0.25, -0.2) is 8.42 Å². The van der Waals surface area contributed by atoms with Gasteiger partial charge in [-0.3, -0.25) is 9.10 Å². The van der Waals surface area contributed by atoms with Crippen LogP contribution in [0.2, 0.25) is 0 Å². The summed E-state index contributed by atoms with van der Waals surface area (Å²) < 4.78 is 26.9. The normalized spacial score (nSPS) is 14.4. The van der Waals surface area contributed by atoms with Gasteiger partial charge in [0.15, 0.2) is 5.78 Å². The number of aryl methyl sites for hydroxylation is 1. The number of Topliss-reactive ketones (excluding diaryl/α,β-unsaturated/α-hetero) is 1. The van der Waals surface area contributed by atoms with E-state index in [-0.39, 0.29) is 23.1 Å². The van der Waals surface area contributed by atoms with Crippen molar-refractivity contribution in [3.63, 3.8) is 0 Å². The molecule has 0 aliphatic carbocycles. The van der Waals surface area contributed by atoms with E-state index in [1.807, 2.05) is 32.9 Å². The second-order valence-electron chi connectivity index (χ2n) is 6.18. The number of benzene rings is 2. The molecule has 0 fully saturated rings. The third-order valence-corrected chi connectivity index (χ3v) is 5.93. The van der Waals surface area contributed by atoms with Crippen LogP contribution in [0.1, 0.15) is 41.3 Å². The predicted molar refractivity (Wildman–Crippen MR) is 90.6 cm³/mol. The molecule has 2 aromatic carbocycles. The first-order valence-electron chi connectivity index (χ1n) is 7.57. The number of sulfonamides is 1. The van der Waals surface area contributed by atoms with Crippen molar-refractivity contribution < 1.29 is 13.2 Å². The second-order valence-corrected chi connectivity index (χ2v) is 8.04. The number of fused-ring (bicyclic) bond motifs is 1. The van der Waals surface area contributed by atoms with Gasteiger partial charge in [0.25, 0.3) is 10.0 Å². The van der Waals surface area contributed by atoms with Crippen molar-refractivity contribution in [2.45, 2.75) is 31.6 Å². The highest BCUT2D eigenvalue weighted by Gasteiger charge is 2.35. The molecular formula is C18H19NO3S. The van der Waals surface area contributed by atoms with Crippen molar-refractivity contribution in [3.8, 4) is 0 Å². The summed E-state index contributed by atoms with van der Waals surface area (Å²) in [5.74, 6) is 0.133. The Bertz CT molecular complexity index is 868. The summed E-state index contributed by atoms with van der Waals surface area (Å²) in [4.78, 5) is 12.5. The first-order valence-corrected chi connectivity index (χ1v) is 9.01. The molecule has 1 heterocycles. The molecule has 1 aliphatic heterocycles. The maximum absolute atomic E-state index is 12.8. The topological polar surface area (TPSA) is 54.5 Å². The Morgan fingerprint density at radius 1 is 1.04 bits per heavy atom. The molecule has 5 heteroatoms. The molecule has 1 aliphatic rings. The lowest BCUT2D eigenvalue weighted by Crippen LogP contribution is -2.30. The van der Waals surface area contributed by atoms with E-state index in [0.29, 0.717) is 11.3 Å². The van der Waals surface area contributed by atoms with Crippen LogP contribution in [0.15, 0.2) is 47.4 Å². The highest BCUT2D eigenvalue weighted by atomic mass is 32.2. The summed E-state index contributed by atoms with van der Waals surface area (Å²) in [6.45, 7) is 5.86. The van der Waals surface area contributed by atoms with Crippen LogP contribution in [0.5, 0.6) is 0 Å². The van der Waals surface area contributed by atoms with Crippen LogP contribution < -0.4 is 4.31 Å². The van der Waals surface area contributed by atoms with Gasteiger partial charge in [0, 0.05) is 5.56 Å².